The molecule has 1 N–H and O–H groups in total. The van der Waals surface area contributed by atoms with Gasteiger partial charge in [0, 0.05) is 53.8 Å². The summed E-state index contributed by atoms with van der Waals surface area (Å²) in [4.78, 5) is 23.5. The summed E-state index contributed by atoms with van der Waals surface area (Å²) in [5, 5.41) is 14.9. The van der Waals surface area contributed by atoms with E-state index < -0.39 is 12.2 Å². The first-order valence-corrected chi connectivity index (χ1v) is 11.6. The van der Waals surface area contributed by atoms with E-state index in [0.29, 0.717) is 23.4 Å². The van der Waals surface area contributed by atoms with Gasteiger partial charge < -0.3 is 14.7 Å². The Kier molecular flexibility index (Phi) is 4.88. The molecular weight excluding hydrogens is 468 g/mol. The van der Waals surface area contributed by atoms with Gasteiger partial charge in [-0.05, 0) is 50.1 Å². The number of fused-ring (bicyclic) bond motifs is 9. The number of pyridine rings is 1. The number of ether oxygens (including phenoxy) is 1. The van der Waals surface area contributed by atoms with Gasteiger partial charge in [-0.25, -0.2) is 14.5 Å². The third-order valence-electron chi connectivity index (χ3n) is 7.01. The molecule has 1 aliphatic carbocycles. The Morgan fingerprint density at radius 2 is 1.89 bits per heavy atom. The SMILES string of the molecule is CN1C(=O)c2cccc(OC(F)F)c2[C@H]2C[C@@H]1c1nn3ccc(-c4cnc(C(C)(C)O)nc4)cc3c12. The van der Waals surface area contributed by atoms with Crippen LogP contribution in [0.4, 0.5) is 8.78 Å². The molecule has 0 saturated heterocycles. The fourth-order valence-corrected chi connectivity index (χ4v) is 5.33. The summed E-state index contributed by atoms with van der Waals surface area (Å²) in [6.45, 7) is 0.234. The number of nitrogens with zero attached hydrogens (tertiary/aromatic N) is 5. The Labute approximate surface area is 205 Å². The summed E-state index contributed by atoms with van der Waals surface area (Å²) in [5.41, 5.74) is 3.72. The second kappa shape index (κ2) is 7.79. The minimum absolute atomic E-state index is 0.00821. The predicted octanol–water partition coefficient (Wildman–Crippen LogP) is 4.28. The second-order valence-corrected chi connectivity index (χ2v) is 9.71. The topological polar surface area (TPSA) is 92.9 Å². The summed E-state index contributed by atoms with van der Waals surface area (Å²) in [6, 6.07) is 8.26. The molecule has 6 rings (SSSR count). The first-order valence-electron chi connectivity index (χ1n) is 11.6. The normalized spacial score (nSPS) is 19.0. The minimum atomic E-state index is -3.01. The Hall–Kier alpha value is -3.92. The minimum Gasteiger partial charge on any atom is -0.434 e. The van der Waals surface area contributed by atoms with Gasteiger partial charge in [0.2, 0.25) is 0 Å². The number of amides is 1. The Bertz CT molecular complexity index is 1510. The average molecular weight is 491 g/mol. The lowest BCUT2D eigenvalue weighted by atomic mass is 9.88. The van der Waals surface area contributed by atoms with E-state index in [1.165, 1.54) is 6.07 Å². The molecule has 0 spiro atoms. The molecule has 4 heterocycles. The smallest absolute Gasteiger partial charge is 0.387 e. The molecule has 1 aliphatic heterocycles. The lowest BCUT2D eigenvalue weighted by molar-refractivity contribution is -0.0505. The van der Waals surface area contributed by atoms with Crippen LogP contribution in [0.5, 0.6) is 5.75 Å². The van der Waals surface area contributed by atoms with E-state index in [9.17, 15) is 18.7 Å². The Morgan fingerprint density at radius 1 is 1.14 bits per heavy atom. The molecule has 0 unspecified atom stereocenters. The molecular formula is C26H23F2N5O3. The molecule has 36 heavy (non-hydrogen) atoms. The molecule has 0 saturated carbocycles. The number of halogens is 2. The molecule has 2 atom stereocenters. The van der Waals surface area contributed by atoms with Gasteiger partial charge in [-0.3, -0.25) is 4.79 Å². The van der Waals surface area contributed by atoms with Crippen molar-refractivity contribution in [2.24, 2.45) is 0 Å². The van der Waals surface area contributed by atoms with Crippen LogP contribution in [0.2, 0.25) is 0 Å². The molecule has 3 aromatic heterocycles. The molecule has 0 radical (unpaired) electrons. The van der Waals surface area contributed by atoms with Crippen molar-refractivity contribution in [3.8, 4) is 16.9 Å². The van der Waals surface area contributed by atoms with Gasteiger partial charge in [0.05, 0.1) is 17.3 Å². The number of aromatic nitrogens is 4. The van der Waals surface area contributed by atoms with E-state index in [4.69, 9.17) is 9.84 Å². The number of alkyl halides is 2. The number of hydrogen-bond donors (Lipinski definition) is 1. The number of aliphatic hydroxyl groups is 1. The number of carbonyl (C=O) groups is 1. The van der Waals surface area contributed by atoms with Crippen LogP contribution in [-0.4, -0.2) is 49.2 Å². The van der Waals surface area contributed by atoms with E-state index in [-0.39, 0.29) is 23.6 Å². The number of carbonyl (C=O) groups excluding carboxylic acids is 1. The van der Waals surface area contributed by atoms with E-state index in [1.54, 1.807) is 54.8 Å². The molecule has 1 amide bonds. The van der Waals surface area contributed by atoms with Gasteiger partial charge in [0.15, 0.2) is 5.82 Å². The van der Waals surface area contributed by atoms with Gasteiger partial charge in [-0.1, -0.05) is 6.07 Å². The van der Waals surface area contributed by atoms with Gasteiger partial charge in [0.1, 0.15) is 11.4 Å². The van der Waals surface area contributed by atoms with Gasteiger partial charge in [-0.2, -0.15) is 13.9 Å². The zero-order chi connectivity index (χ0) is 25.4. The maximum atomic E-state index is 13.3. The van der Waals surface area contributed by atoms with E-state index in [0.717, 1.165) is 27.9 Å². The summed E-state index contributed by atoms with van der Waals surface area (Å²) >= 11 is 0. The van der Waals surface area contributed by atoms with Crippen molar-refractivity contribution in [3.05, 3.63) is 77.1 Å². The quantitative estimate of drug-likeness (QED) is 0.458. The largest absolute Gasteiger partial charge is 0.434 e. The maximum absolute atomic E-state index is 13.3. The lowest BCUT2D eigenvalue weighted by Gasteiger charge is -2.23. The first-order chi connectivity index (χ1) is 17.1. The maximum Gasteiger partial charge on any atom is 0.387 e. The fourth-order valence-electron chi connectivity index (χ4n) is 5.33. The standard InChI is InChI=1S/C26H23F2N5O3/c1-26(2,35)24-29-11-14(12-30-24)13-7-8-33-17(9-13)21-16-10-18(22(21)31-33)32(3)23(34)15-5-4-6-19(20(15)16)36-25(27)28/h4-9,11-12,16,18,25,35H,10H2,1-3H3/t16-,18-/m1/s1. The molecule has 2 bridgehead atoms. The highest BCUT2D eigenvalue weighted by molar-refractivity contribution is 5.98. The van der Waals surface area contributed by atoms with Crippen LogP contribution in [0.25, 0.3) is 16.6 Å². The third-order valence-corrected chi connectivity index (χ3v) is 7.01. The van der Waals surface area contributed by atoms with Crippen LogP contribution in [-0.2, 0) is 5.60 Å². The van der Waals surface area contributed by atoms with Crippen LogP contribution in [0.3, 0.4) is 0 Å². The third kappa shape index (κ3) is 3.35. The highest BCUT2D eigenvalue weighted by atomic mass is 19.3. The molecule has 2 aliphatic rings. The zero-order valence-electron chi connectivity index (χ0n) is 19.8. The Morgan fingerprint density at radius 3 is 2.58 bits per heavy atom. The number of rotatable bonds is 4. The average Bonchev–Trinajstić information content (AvgIpc) is 3.36. The Balaban J connectivity index is 1.52. The molecule has 4 aromatic rings. The van der Waals surface area contributed by atoms with Crippen molar-refractivity contribution in [2.75, 3.05) is 7.05 Å². The van der Waals surface area contributed by atoms with Crippen molar-refractivity contribution in [3.63, 3.8) is 0 Å². The molecule has 8 nitrogen and oxygen atoms in total. The van der Waals surface area contributed by atoms with E-state index >= 15 is 0 Å². The van der Waals surface area contributed by atoms with Gasteiger partial charge in [-0.15, -0.1) is 0 Å². The summed E-state index contributed by atoms with van der Waals surface area (Å²) in [6.07, 6.45) is 5.66. The predicted molar refractivity (Wildman–Crippen MR) is 126 cm³/mol. The fraction of sp³-hybridized carbons (Fsp3) is 0.308. The van der Waals surface area contributed by atoms with Crippen molar-refractivity contribution in [1.82, 2.24) is 24.5 Å². The zero-order valence-corrected chi connectivity index (χ0v) is 19.8. The lowest BCUT2D eigenvalue weighted by Crippen LogP contribution is -2.30. The van der Waals surface area contributed by atoms with Crippen LogP contribution in [0.15, 0.2) is 48.9 Å². The van der Waals surface area contributed by atoms with Crippen LogP contribution in [0.1, 0.15) is 65.2 Å². The van der Waals surface area contributed by atoms with Crippen molar-refractivity contribution >= 4 is 11.4 Å². The van der Waals surface area contributed by atoms with Gasteiger partial charge in [0.25, 0.3) is 5.91 Å². The van der Waals surface area contributed by atoms with Crippen LogP contribution in [0, 0.1) is 0 Å². The monoisotopic (exact) mass is 491 g/mol. The van der Waals surface area contributed by atoms with Crippen molar-refractivity contribution in [2.45, 2.75) is 44.4 Å². The van der Waals surface area contributed by atoms with Crippen molar-refractivity contribution < 1.29 is 23.4 Å². The molecule has 0 fully saturated rings. The number of hydrogen-bond acceptors (Lipinski definition) is 6. The first kappa shape index (κ1) is 22.5. The molecule has 184 valence electrons. The summed E-state index contributed by atoms with van der Waals surface area (Å²) in [5.74, 6) is -0.262. The molecule has 10 heteroatoms. The summed E-state index contributed by atoms with van der Waals surface area (Å²) in [7, 11) is 1.71. The number of benzene rings is 1. The van der Waals surface area contributed by atoms with Crippen LogP contribution < -0.4 is 4.74 Å². The highest BCUT2D eigenvalue weighted by Gasteiger charge is 2.46. The molecule has 1 aromatic carbocycles. The van der Waals surface area contributed by atoms with Gasteiger partial charge >= 0.3 is 6.61 Å². The highest BCUT2D eigenvalue weighted by Crippen LogP contribution is 2.53. The second-order valence-electron chi connectivity index (χ2n) is 9.71. The van der Waals surface area contributed by atoms with E-state index in [2.05, 4.69) is 9.97 Å². The summed E-state index contributed by atoms with van der Waals surface area (Å²) < 4.78 is 33.2. The van der Waals surface area contributed by atoms with Crippen LogP contribution >= 0.6 is 0 Å². The van der Waals surface area contributed by atoms with E-state index in [1.807, 2.05) is 18.3 Å². The van der Waals surface area contributed by atoms with Crippen molar-refractivity contribution in [1.29, 1.82) is 0 Å².